The summed E-state index contributed by atoms with van der Waals surface area (Å²) in [6, 6.07) is 10.4. The van der Waals surface area contributed by atoms with E-state index in [1.165, 1.54) is 5.56 Å². The zero-order chi connectivity index (χ0) is 14.1. The maximum absolute atomic E-state index is 6.00. The third-order valence-corrected chi connectivity index (χ3v) is 3.47. The number of nitrogens with one attached hydrogen (secondary N) is 1. The smallest absolute Gasteiger partial charge is 0.134 e. The van der Waals surface area contributed by atoms with E-state index in [1.807, 2.05) is 19.1 Å². The molecule has 1 N–H and O–H groups in total. The fourth-order valence-corrected chi connectivity index (χ4v) is 2.53. The van der Waals surface area contributed by atoms with E-state index in [0.29, 0.717) is 0 Å². The monoisotopic (exact) mass is 269 g/mol. The molecule has 104 valence electrons. The number of fused-ring (bicyclic) bond motifs is 1. The molecule has 0 aliphatic heterocycles. The largest absolute Gasteiger partial charge is 0.469 e. The fraction of sp³-hybridized carbons (Fsp3) is 0.294. The lowest BCUT2D eigenvalue weighted by Crippen LogP contribution is -2.20. The molecule has 3 aromatic rings. The summed E-state index contributed by atoms with van der Waals surface area (Å²) in [6.07, 6.45) is 1.79. The lowest BCUT2D eigenvalue weighted by molar-refractivity contribution is 0.470. The average molecular weight is 269 g/mol. The highest BCUT2D eigenvalue weighted by molar-refractivity contribution is 5.78. The van der Waals surface area contributed by atoms with Crippen LogP contribution in [0.25, 0.3) is 11.0 Å². The van der Waals surface area contributed by atoms with Gasteiger partial charge in [-0.2, -0.15) is 0 Å². The van der Waals surface area contributed by atoms with Crippen molar-refractivity contribution in [1.29, 1.82) is 0 Å². The minimum absolute atomic E-state index is 0.0326. The molecule has 0 radical (unpaired) electrons. The van der Waals surface area contributed by atoms with E-state index in [1.54, 1.807) is 6.26 Å². The summed E-state index contributed by atoms with van der Waals surface area (Å²) in [6.45, 7) is 7.00. The van der Waals surface area contributed by atoms with Gasteiger partial charge in [-0.1, -0.05) is 18.6 Å². The van der Waals surface area contributed by atoms with Crippen LogP contribution in [0.15, 0.2) is 45.4 Å². The van der Waals surface area contributed by atoms with E-state index < -0.39 is 0 Å². The molecule has 1 aromatic carbocycles. The maximum atomic E-state index is 6.00. The summed E-state index contributed by atoms with van der Waals surface area (Å²) in [7, 11) is 0. The van der Waals surface area contributed by atoms with E-state index in [9.17, 15) is 0 Å². The first-order chi connectivity index (χ1) is 9.67. The molecule has 0 saturated heterocycles. The summed E-state index contributed by atoms with van der Waals surface area (Å²) >= 11 is 0. The third kappa shape index (κ3) is 2.37. The lowest BCUT2D eigenvalue weighted by Gasteiger charge is -2.13. The van der Waals surface area contributed by atoms with E-state index >= 15 is 0 Å². The first-order valence-corrected chi connectivity index (χ1v) is 6.96. The molecule has 1 atom stereocenters. The Bertz CT molecular complexity index is 724. The van der Waals surface area contributed by atoms with Crippen LogP contribution in [0.3, 0.4) is 0 Å². The van der Waals surface area contributed by atoms with Gasteiger partial charge < -0.3 is 14.2 Å². The Labute approximate surface area is 118 Å². The van der Waals surface area contributed by atoms with Gasteiger partial charge >= 0.3 is 0 Å². The molecule has 0 aliphatic rings. The first-order valence-electron chi connectivity index (χ1n) is 6.96. The molecule has 20 heavy (non-hydrogen) atoms. The normalized spacial score (nSPS) is 12.9. The number of benzene rings is 1. The second-order valence-electron chi connectivity index (χ2n) is 5.17. The molecule has 1 unspecified atom stereocenters. The maximum Gasteiger partial charge on any atom is 0.134 e. The topological polar surface area (TPSA) is 38.3 Å². The molecule has 0 fully saturated rings. The lowest BCUT2D eigenvalue weighted by atomic mass is 10.1. The van der Waals surface area contributed by atoms with E-state index in [-0.39, 0.29) is 6.04 Å². The van der Waals surface area contributed by atoms with Crippen molar-refractivity contribution in [2.75, 3.05) is 6.54 Å². The average Bonchev–Trinajstić information content (AvgIpc) is 3.01. The predicted octanol–water partition coefficient (Wildman–Crippen LogP) is 4.34. The minimum Gasteiger partial charge on any atom is -0.469 e. The van der Waals surface area contributed by atoms with Crippen molar-refractivity contribution in [3.63, 3.8) is 0 Å². The van der Waals surface area contributed by atoms with E-state index in [0.717, 1.165) is 34.6 Å². The zero-order valence-corrected chi connectivity index (χ0v) is 12.1. The zero-order valence-electron chi connectivity index (χ0n) is 12.1. The fourth-order valence-electron chi connectivity index (χ4n) is 2.53. The summed E-state index contributed by atoms with van der Waals surface area (Å²) in [5.41, 5.74) is 3.26. The molecule has 0 spiro atoms. The predicted molar refractivity (Wildman–Crippen MR) is 79.9 cm³/mol. The van der Waals surface area contributed by atoms with Crippen molar-refractivity contribution >= 4 is 11.0 Å². The van der Waals surface area contributed by atoms with Gasteiger partial charge in [0.15, 0.2) is 0 Å². The van der Waals surface area contributed by atoms with Crippen LogP contribution in [-0.2, 0) is 0 Å². The Morgan fingerprint density at radius 2 is 2.00 bits per heavy atom. The SMILES string of the molecule is CCNC(c1coc(C)c1)c1cc2cc(C)ccc2o1. The Kier molecular flexibility index (Phi) is 3.36. The molecule has 0 bridgehead atoms. The molecule has 3 rings (SSSR count). The van der Waals surface area contributed by atoms with Crippen molar-refractivity contribution in [2.45, 2.75) is 26.8 Å². The van der Waals surface area contributed by atoms with Gasteiger partial charge in [0.1, 0.15) is 17.1 Å². The van der Waals surface area contributed by atoms with Crippen LogP contribution in [0.1, 0.15) is 35.6 Å². The summed E-state index contributed by atoms with van der Waals surface area (Å²) in [5.74, 6) is 1.84. The molecule has 0 aliphatic carbocycles. The molecule has 2 aromatic heterocycles. The van der Waals surface area contributed by atoms with Crippen LogP contribution in [0, 0.1) is 13.8 Å². The highest BCUT2D eigenvalue weighted by Crippen LogP contribution is 2.29. The van der Waals surface area contributed by atoms with Gasteiger partial charge in [0, 0.05) is 10.9 Å². The molecule has 3 heteroatoms. The molecule has 2 heterocycles. The molecule has 3 nitrogen and oxygen atoms in total. The quantitative estimate of drug-likeness (QED) is 0.765. The van der Waals surface area contributed by atoms with Crippen molar-refractivity contribution in [2.24, 2.45) is 0 Å². The number of aryl methyl sites for hydroxylation is 2. The standard InChI is InChI=1S/C17H19NO2/c1-4-18-17(14-8-12(3)19-10-14)16-9-13-7-11(2)5-6-15(13)20-16/h5-10,17-18H,4H2,1-3H3. The molecular formula is C17H19NO2. The van der Waals surface area contributed by atoms with E-state index in [4.69, 9.17) is 8.83 Å². The third-order valence-electron chi connectivity index (χ3n) is 3.47. The summed E-state index contributed by atoms with van der Waals surface area (Å²) < 4.78 is 11.4. The molecular weight excluding hydrogens is 250 g/mol. The van der Waals surface area contributed by atoms with Crippen molar-refractivity contribution in [1.82, 2.24) is 5.32 Å². The Morgan fingerprint density at radius 3 is 2.70 bits per heavy atom. The van der Waals surface area contributed by atoms with Crippen molar-refractivity contribution in [3.05, 3.63) is 59.2 Å². The van der Waals surface area contributed by atoms with Crippen LogP contribution in [-0.4, -0.2) is 6.54 Å². The van der Waals surface area contributed by atoms with Gasteiger partial charge in [0.2, 0.25) is 0 Å². The number of rotatable bonds is 4. The Hall–Kier alpha value is -2.00. The van der Waals surface area contributed by atoms with E-state index in [2.05, 4.69) is 37.4 Å². The number of furan rings is 2. The Balaban J connectivity index is 2.04. The van der Waals surface area contributed by atoms with Gasteiger partial charge in [0.25, 0.3) is 0 Å². The van der Waals surface area contributed by atoms with Gasteiger partial charge in [-0.25, -0.2) is 0 Å². The highest BCUT2D eigenvalue weighted by Gasteiger charge is 2.19. The molecule has 0 saturated carbocycles. The van der Waals surface area contributed by atoms with Crippen molar-refractivity contribution in [3.8, 4) is 0 Å². The van der Waals surface area contributed by atoms with Gasteiger partial charge in [-0.3, -0.25) is 0 Å². The first kappa shape index (κ1) is 13.0. The second kappa shape index (κ2) is 5.17. The number of hydrogen-bond donors (Lipinski definition) is 1. The van der Waals surface area contributed by atoms with Gasteiger partial charge in [-0.05, 0) is 44.7 Å². The highest BCUT2D eigenvalue weighted by atomic mass is 16.3. The van der Waals surface area contributed by atoms with Crippen LogP contribution >= 0.6 is 0 Å². The van der Waals surface area contributed by atoms with Crippen LogP contribution in [0.4, 0.5) is 0 Å². The Morgan fingerprint density at radius 1 is 1.15 bits per heavy atom. The van der Waals surface area contributed by atoms with Crippen molar-refractivity contribution < 1.29 is 8.83 Å². The summed E-state index contributed by atoms with van der Waals surface area (Å²) in [4.78, 5) is 0. The van der Waals surface area contributed by atoms with Crippen LogP contribution < -0.4 is 5.32 Å². The molecule has 0 amide bonds. The number of hydrogen-bond acceptors (Lipinski definition) is 3. The second-order valence-corrected chi connectivity index (χ2v) is 5.17. The summed E-state index contributed by atoms with van der Waals surface area (Å²) in [5, 5.41) is 4.59. The minimum atomic E-state index is 0.0326. The van der Waals surface area contributed by atoms with Crippen LogP contribution in [0.2, 0.25) is 0 Å². The van der Waals surface area contributed by atoms with Gasteiger partial charge in [-0.15, -0.1) is 0 Å². The van der Waals surface area contributed by atoms with Gasteiger partial charge in [0.05, 0.1) is 12.3 Å². The van der Waals surface area contributed by atoms with Crippen LogP contribution in [0.5, 0.6) is 0 Å².